The number of amides is 1. The number of nitrogens with zero attached hydrogens (tertiary/aromatic N) is 2. The molecule has 35 heavy (non-hydrogen) atoms. The Labute approximate surface area is 205 Å². The highest BCUT2D eigenvalue weighted by molar-refractivity contribution is 7.92. The Balaban J connectivity index is 1.61. The van der Waals surface area contributed by atoms with Crippen LogP contribution in [-0.2, 0) is 15.8 Å². The van der Waals surface area contributed by atoms with Gasteiger partial charge in [0.05, 0.1) is 23.7 Å². The van der Waals surface area contributed by atoms with E-state index in [-0.39, 0.29) is 23.5 Å². The first kappa shape index (κ1) is 22.9. The lowest BCUT2D eigenvalue weighted by Gasteiger charge is -2.43. The van der Waals surface area contributed by atoms with E-state index in [0.717, 1.165) is 11.1 Å². The molecule has 1 aliphatic heterocycles. The van der Waals surface area contributed by atoms with Crippen molar-refractivity contribution >= 4 is 27.3 Å². The number of carbonyl (C=O) groups excluding carboxylic acids is 1. The summed E-state index contributed by atoms with van der Waals surface area (Å²) in [6.07, 6.45) is 1.91. The van der Waals surface area contributed by atoms with Crippen molar-refractivity contribution < 1.29 is 17.6 Å². The largest absolute Gasteiger partial charge is 0.459 e. The number of benzene rings is 3. The number of furan rings is 1. The fourth-order valence-corrected chi connectivity index (χ4v) is 6.58. The third kappa shape index (κ3) is 4.47. The molecule has 1 aliphatic rings. The molecule has 0 aliphatic carbocycles. The maximum atomic E-state index is 13.9. The van der Waals surface area contributed by atoms with Crippen LogP contribution in [0.25, 0.3) is 0 Å². The van der Waals surface area contributed by atoms with Gasteiger partial charge in [0, 0.05) is 11.7 Å². The van der Waals surface area contributed by atoms with Gasteiger partial charge in [-0.3, -0.25) is 9.10 Å². The Morgan fingerprint density at radius 1 is 0.914 bits per heavy atom. The summed E-state index contributed by atoms with van der Waals surface area (Å²) in [7, 11) is -3.76. The quantitative estimate of drug-likeness (QED) is 0.346. The van der Waals surface area contributed by atoms with Crippen LogP contribution in [0, 0.1) is 0 Å². The van der Waals surface area contributed by atoms with Crippen molar-refractivity contribution in [3.8, 4) is 0 Å². The second-order valence-electron chi connectivity index (χ2n) is 8.68. The van der Waals surface area contributed by atoms with Gasteiger partial charge in [-0.25, -0.2) is 8.42 Å². The van der Waals surface area contributed by atoms with Crippen molar-refractivity contribution in [2.75, 3.05) is 9.21 Å². The average Bonchev–Trinajstić information content (AvgIpc) is 3.40. The predicted molar refractivity (Wildman–Crippen MR) is 137 cm³/mol. The SMILES string of the molecule is CC1CC(N(c2ccccc2)S(=O)(=O)Cc2ccccc2)c2ccccc2N1C(=O)c1ccco1. The fraction of sp³-hybridized carbons (Fsp3) is 0.179. The molecule has 3 aromatic carbocycles. The van der Waals surface area contributed by atoms with Gasteiger partial charge in [-0.2, -0.15) is 0 Å². The monoisotopic (exact) mass is 486 g/mol. The number of fused-ring (bicyclic) bond motifs is 1. The number of anilines is 2. The van der Waals surface area contributed by atoms with E-state index >= 15 is 0 Å². The average molecular weight is 487 g/mol. The molecule has 1 aromatic heterocycles. The van der Waals surface area contributed by atoms with E-state index in [2.05, 4.69) is 0 Å². The molecule has 2 atom stereocenters. The standard InChI is InChI=1S/C28H26N2O4S/c1-21-19-26(24-15-8-9-16-25(24)29(21)28(31)27-17-10-18-34-27)30(23-13-6-3-7-14-23)35(32,33)20-22-11-4-2-5-12-22/h2-18,21,26H,19-20H2,1H3. The molecular weight excluding hydrogens is 460 g/mol. The summed E-state index contributed by atoms with van der Waals surface area (Å²) < 4.78 is 34.8. The first-order valence-electron chi connectivity index (χ1n) is 11.5. The zero-order valence-corrected chi connectivity index (χ0v) is 20.1. The number of sulfonamides is 1. The van der Waals surface area contributed by atoms with Crippen molar-refractivity contribution in [3.63, 3.8) is 0 Å². The summed E-state index contributed by atoms with van der Waals surface area (Å²) in [5.74, 6) is -0.112. The van der Waals surface area contributed by atoms with Gasteiger partial charge in [-0.15, -0.1) is 0 Å². The smallest absolute Gasteiger partial charge is 0.294 e. The van der Waals surface area contributed by atoms with E-state index < -0.39 is 16.1 Å². The summed E-state index contributed by atoms with van der Waals surface area (Å²) in [6, 6.07) is 28.5. The van der Waals surface area contributed by atoms with E-state index in [1.165, 1.54) is 10.6 Å². The van der Waals surface area contributed by atoms with Crippen LogP contribution in [0.2, 0.25) is 0 Å². The third-order valence-corrected chi connectivity index (χ3v) is 8.06. The molecule has 0 saturated heterocycles. The highest BCUT2D eigenvalue weighted by atomic mass is 32.2. The molecule has 7 heteroatoms. The van der Waals surface area contributed by atoms with Crippen molar-refractivity contribution in [3.05, 3.63) is 120 Å². The van der Waals surface area contributed by atoms with Gasteiger partial charge in [0.25, 0.3) is 5.91 Å². The zero-order chi connectivity index (χ0) is 24.4. The van der Waals surface area contributed by atoms with Crippen LogP contribution in [0.4, 0.5) is 11.4 Å². The number of rotatable bonds is 6. The lowest BCUT2D eigenvalue weighted by molar-refractivity contribution is 0.0947. The van der Waals surface area contributed by atoms with Crippen LogP contribution in [0.15, 0.2) is 108 Å². The Hall–Kier alpha value is -3.84. The summed E-state index contributed by atoms with van der Waals surface area (Å²) in [5.41, 5.74) is 2.79. The molecule has 6 nitrogen and oxygen atoms in total. The Bertz CT molecular complexity index is 1400. The highest BCUT2D eigenvalue weighted by Gasteiger charge is 2.41. The second-order valence-corrected chi connectivity index (χ2v) is 10.5. The topological polar surface area (TPSA) is 70.8 Å². The van der Waals surface area contributed by atoms with E-state index in [1.54, 1.807) is 17.0 Å². The molecule has 4 aromatic rings. The lowest BCUT2D eigenvalue weighted by atomic mass is 9.91. The van der Waals surface area contributed by atoms with Crippen LogP contribution < -0.4 is 9.21 Å². The minimum atomic E-state index is -3.76. The van der Waals surface area contributed by atoms with Crippen LogP contribution in [0.5, 0.6) is 0 Å². The van der Waals surface area contributed by atoms with Gasteiger partial charge >= 0.3 is 0 Å². The first-order chi connectivity index (χ1) is 17.0. The van der Waals surface area contributed by atoms with Gasteiger partial charge < -0.3 is 9.32 Å². The Morgan fingerprint density at radius 2 is 1.57 bits per heavy atom. The molecule has 2 unspecified atom stereocenters. The van der Waals surface area contributed by atoms with Crippen molar-refractivity contribution in [1.82, 2.24) is 0 Å². The van der Waals surface area contributed by atoms with Gasteiger partial charge in [-0.05, 0) is 54.8 Å². The minimum absolute atomic E-state index is 0.120. The van der Waals surface area contributed by atoms with Gasteiger partial charge in [0.1, 0.15) is 0 Å². The number of carbonyl (C=O) groups is 1. The molecule has 2 heterocycles. The molecule has 0 saturated carbocycles. The molecule has 0 fully saturated rings. The number of hydrogen-bond acceptors (Lipinski definition) is 4. The van der Waals surface area contributed by atoms with E-state index in [0.29, 0.717) is 17.8 Å². The normalized spacial score (nSPS) is 17.6. The fourth-order valence-electron chi connectivity index (χ4n) is 4.80. The molecule has 0 spiro atoms. The Morgan fingerprint density at radius 3 is 2.26 bits per heavy atom. The third-order valence-electron chi connectivity index (χ3n) is 6.30. The summed E-state index contributed by atoms with van der Waals surface area (Å²) in [5, 5.41) is 0. The second kappa shape index (κ2) is 9.43. The van der Waals surface area contributed by atoms with Crippen molar-refractivity contribution in [2.45, 2.75) is 31.2 Å². The van der Waals surface area contributed by atoms with E-state index in [1.807, 2.05) is 91.9 Å². The van der Waals surface area contributed by atoms with Gasteiger partial charge in [-0.1, -0.05) is 66.7 Å². The molecule has 0 N–H and O–H groups in total. The first-order valence-corrected chi connectivity index (χ1v) is 13.1. The predicted octanol–water partition coefficient (Wildman–Crippen LogP) is 5.80. The number of hydrogen-bond donors (Lipinski definition) is 0. The molecule has 0 bridgehead atoms. The van der Waals surface area contributed by atoms with Crippen LogP contribution >= 0.6 is 0 Å². The zero-order valence-electron chi connectivity index (χ0n) is 19.3. The molecule has 5 rings (SSSR count). The summed E-state index contributed by atoms with van der Waals surface area (Å²) in [4.78, 5) is 15.0. The maximum absolute atomic E-state index is 13.9. The number of para-hydroxylation sites is 2. The van der Waals surface area contributed by atoms with Gasteiger partial charge in [0.15, 0.2) is 5.76 Å². The molecule has 1 amide bonds. The van der Waals surface area contributed by atoms with E-state index in [4.69, 9.17) is 4.42 Å². The summed E-state index contributed by atoms with van der Waals surface area (Å²) in [6.45, 7) is 1.94. The Kier molecular flexibility index (Phi) is 6.17. The highest BCUT2D eigenvalue weighted by Crippen LogP contribution is 2.44. The van der Waals surface area contributed by atoms with E-state index in [9.17, 15) is 13.2 Å². The van der Waals surface area contributed by atoms with Crippen molar-refractivity contribution in [2.24, 2.45) is 0 Å². The van der Waals surface area contributed by atoms with Gasteiger partial charge in [0.2, 0.25) is 10.0 Å². The van der Waals surface area contributed by atoms with Crippen molar-refractivity contribution in [1.29, 1.82) is 0 Å². The lowest BCUT2D eigenvalue weighted by Crippen LogP contribution is -2.47. The molecule has 0 radical (unpaired) electrons. The molecule has 178 valence electrons. The summed E-state index contributed by atoms with van der Waals surface area (Å²) >= 11 is 0. The van der Waals surface area contributed by atoms with Crippen LogP contribution in [0.3, 0.4) is 0 Å². The minimum Gasteiger partial charge on any atom is -0.459 e. The van der Waals surface area contributed by atoms with Crippen LogP contribution in [0.1, 0.15) is 41.1 Å². The maximum Gasteiger partial charge on any atom is 0.294 e. The van der Waals surface area contributed by atoms with Crippen LogP contribution in [-0.4, -0.2) is 20.4 Å². The molecular formula is C28H26N2O4S.